The second-order valence-corrected chi connectivity index (χ2v) is 11.1. The van der Waals surface area contributed by atoms with Crippen LogP contribution in [-0.2, 0) is 14.3 Å². The molecule has 0 bridgehead atoms. The predicted molar refractivity (Wildman–Crippen MR) is 146 cm³/mol. The van der Waals surface area contributed by atoms with E-state index in [0.29, 0.717) is 43.5 Å². The van der Waals surface area contributed by atoms with Gasteiger partial charge < -0.3 is 24.2 Å². The van der Waals surface area contributed by atoms with Gasteiger partial charge in [0.25, 0.3) is 0 Å². The Morgan fingerprint density at radius 2 is 1.92 bits per heavy atom. The summed E-state index contributed by atoms with van der Waals surface area (Å²) < 4.78 is 11.0. The maximum absolute atomic E-state index is 13.7. The maximum atomic E-state index is 13.7. The molecule has 206 valence electrons. The molecule has 9 nitrogen and oxygen atoms in total. The van der Waals surface area contributed by atoms with Gasteiger partial charge in [-0.3, -0.25) is 4.79 Å². The molecule has 0 aliphatic carbocycles. The van der Waals surface area contributed by atoms with E-state index in [-0.39, 0.29) is 35.8 Å². The summed E-state index contributed by atoms with van der Waals surface area (Å²) in [7, 11) is 1.76. The summed E-state index contributed by atoms with van der Waals surface area (Å²) in [4.78, 5) is 36.8. The van der Waals surface area contributed by atoms with Crippen molar-refractivity contribution < 1.29 is 19.1 Å². The van der Waals surface area contributed by atoms with Crippen molar-refractivity contribution in [3.63, 3.8) is 0 Å². The van der Waals surface area contributed by atoms with E-state index in [0.717, 1.165) is 43.7 Å². The van der Waals surface area contributed by atoms with Crippen LogP contribution >= 0.6 is 11.6 Å². The van der Waals surface area contributed by atoms with Crippen molar-refractivity contribution in [2.45, 2.75) is 31.2 Å². The third-order valence-electron chi connectivity index (χ3n) is 8.20. The third-order valence-corrected chi connectivity index (χ3v) is 8.45. The molecule has 0 radical (unpaired) electrons. The smallest absolute Gasteiger partial charge is 0.409 e. The number of hydrogen-bond donors (Lipinski definition) is 0. The molecular formula is C29H34ClN5O4. The second-order valence-electron chi connectivity index (χ2n) is 10.7. The van der Waals surface area contributed by atoms with Crippen molar-refractivity contribution in [2.24, 2.45) is 11.8 Å². The molecule has 1 aromatic carbocycles. The van der Waals surface area contributed by atoms with Gasteiger partial charge in [0, 0.05) is 68.8 Å². The van der Waals surface area contributed by atoms with Crippen LogP contribution < -0.4 is 4.90 Å². The van der Waals surface area contributed by atoms with Crippen LogP contribution in [-0.4, -0.2) is 85.9 Å². The molecule has 4 heterocycles. The largest absolute Gasteiger partial charge is 0.449 e. The number of rotatable bonds is 6. The number of ether oxygens (including phenoxy) is 2. The van der Waals surface area contributed by atoms with Gasteiger partial charge in [-0.1, -0.05) is 23.7 Å². The predicted octanol–water partition coefficient (Wildman–Crippen LogP) is 3.92. The summed E-state index contributed by atoms with van der Waals surface area (Å²) in [5, 5.41) is 9.66. The molecule has 3 atom stereocenters. The number of carbonyl (C=O) groups is 2. The molecule has 3 aliphatic rings. The van der Waals surface area contributed by atoms with Gasteiger partial charge in [-0.2, -0.15) is 5.26 Å². The van der Waals surface area contributed by atoms with Crippen LogP contribution in [0.1, 0.15) is 36.3 Å². The molecular weight excluding hydrogens is 518 g/mol. The highest BCUT2D eigenvalue weighted by molar-refractivity contribution is 6.30. The van der Waals surface area contributed by atoms with Gasteiger partial charge in [-0.05, 0) is 49.1 Å². The van der Waals surface area contributed by atoms with Crippen LogP contribution in [0.5, 0.6) is 0 Å². The molecule has 10 heteroatoms. The first-order chi connectivity index (χ1) is 18.9. The fourth-order valence-electron chi connectivity index (χ4n) is 5.79. The van der Waals surface area contributed by atoms with E-state index in [2.05, 4.69) is 16.0 Å². The Labute approximate surface area is 234 Å². The molecule has 1 unspecified atom stereocenters. The number of halogens is 1. The zero-order valence-electron chi connectivity index (χ0n) is 22.2. The highest BCUT2D eigenvalue weighted by Gasteiger charge is 2.42. The SMILES string of the molecule is CN(C(=O)OCC1CCOC1)[C@@H]1CN(C(=O)C2CCN(c3ccc(C#N)cn3)CC2)C[C@H]1c1ccc(Cl)cc1. The minimum absolute atomic E-state index is 0.0403. The Hall–Kier alpha value is -3.35. The maximum Gasteiger partial charge on any atom is 0.409 e. The minimum atomic E-state index is -0.372. The van der Waals surface area contributed by atoms with Crippen LogP contribution in [0, 0.1) is 23.2 Å². The highest BCUT2D eigenvalue weighted by atomic mass is 35.5. The van der Waals surface area contributed by atoms with Crippen LogP contribution in [0.4, 0.5) is 10.6 Å². The topological polar surface area (TPSA) is 99.0 Å². The van der Waals surface area contributed by atoms with Crippen molar-refractivity contribution >= 4 is 29.4 Å². The van der Waals surface area contributed by atoms with E-state index >= 15 is 0 Å². The lowest BCUT2D eigenvalue weighted by Crippen LogP contribution is -2.44. The molecule has 3 saturated heterocycles. The summed E-state index contributed by atoms with van der Waals surface area (Å²) in [6.07, 6.45) is 3.57. The Morgan fingerprint density at radius 1 is 1.15 bits per heavy atom. The van der Waals surface area contributed by atoms with Crippen molar-refractivity contribution in [3.05, 3.63) is 58.7 Å². The first-order valence-electron chi connectivity index (χ1n) is 13.6. The van der Waals surface area contributed by atoms with E-state index in [1.807, 2.05) is 35.2 Å². The molecule has 5 rings (SSSR count). The fraction of sp³-hybridized carbons (Fsp3) is 0.517. The quantitative estimate of drug-likeness (QED) is 0.536. The zero-order chi connectivity index (χ0) is 27.4. The van der Waals surface area contributed by atoms with E-state index in [1.165, 1.54) is 0 Å². The number of nitriles is 1. The van der Waals surface area contributed by atoms with Crippen molar-refractivity contribution in [3.8, 4) is 6.07 Å². The Balaban J connectivity index is 1.23. The molecule has 2 aromatic rings. The summed E-state index contributed by atoms with van der Waals surface area (Å²) in [5.74, 6) is 1.08. The van der Waals surface area contributed by atoms with Crippen LogP contribution in [0.25, 0.3) is 0 Å². The van der Waals surface area contributed by atoms with Crippen molar-refractivity contribution in [1.82, 2.24) is 14.8 Å². The zero-order valence-corrected chi connectivity index (χ0v) is 22.9. The Morgan fingerprint density at radius 3 is 2.56 bits per heavy atom. The molecule has 0 saturated carbocycles. The number of anilines is 1. The number of carbonyl (C=O) groups excluding carboxylic acids is 2. The van der Waals surface area contributed by atoms with Crippen LogP contribution in [0.2, 0.25) is 5.02 Å². The normalized spacial score (nSPS) is 23.5. The number of aromatic nitrogens is 1. The second kappa shape index (κ2) is 12.2. The average Bonchev–Trinajstić information content (AvgIpc) is 3.66. The van der Waals surface area contributed by atoms with Crippen molar-refractivity contribution in [1.29, 1.82) is 5.26 Å². The van der Waals surface area contributed by atoms with Crippen LogP contribution in [0.3, 0.4) is 0 Å². The van der Waals surface area contributed by atoms with Gasteiger partial charge in [-0.25, -0.2) is 9.78 Å². The lowest BCUT2D eigenvalue weighted by Gasteiger charge is -2.34. The van der Waals surface area contributed by atoms with Crippen molar-refractivity contribution in [2.75, 3.05) is 57.9 Å². The lowest BCUT2D eigenvalue weighted by molar-refractivity contribution is -0.135. The number of piperidine rings is 1. The number of nitrogens with zero attached hydrogens (tertiary/aromatic N) is 5. The van der Waals surface area contributed by atoms with E-state index in [4.69, 9.17) is 26.3 Å². The van der Waals surface area contributed by atoms with Crippen LogP contribution in [0.15, 0.2) is 42.6 Å². The van der Waals surface area contributed by atoms with Gasteiger partial charge in [0.15, 0.2) is 0 Å². The molecule has 0 spiro atoms. The summed E-state index contributed by atoms with van der Waals surface area (Å²) in [5.41, 5.74) is 1.58. The molecule has 39 heavy (non-hydrogen) atoms. The molecule has 3 fully saturated rings. The molecule has 3 aliphatic heterocycles. The number of pyridine rings is 1. The first kappa shape index (κ1) is 27.2. The lowest BCUT2D eigenvalue weighted by atomic mass is 9.93. The number of hydrogen-bond acceptors (Lipinski definition) is 7. The Bertz CT molecular complexity index is 1190. The molecule has 0 N–H and O–H groups in total. The minimum Gasteiger partial charge on any atom is -0.449 e. The summed E-state index contributed by atoms with van der Waals surface area (Å²) >= 11 is 6.14. The number of benzene rings is 1. The van der Waals surface area contributed by atoms with E-state index in [1.54, 1.807) is 24.2 Å². The summed E-state index contributed by atoms with van der Waals surface area (Å²) in [6.45, 7) is 4.12. The standard InChI is InChI=1S/C29H34ClN5O4/c1-33(29(37)39-19-21-10-13-38-18-21)26-17-35(16-25(26)22-3-5-24(30)6-4-22)28(36)23-8-11-34(12-9-23)27-7-2-20(14-31)15-32-27/h2-7,15,21,23,25-26H,8-13,16-19H2,1H3/t21?,25-,26+/m0/s1. The van der Waals surface area contributed by atoms with Gasteiger partial charge in [-0.15, -0.1) is 0 Å². The number of likely N-dealkylation sites (N-methyl/N-ethyl adjacent to an activating group) is 1. The highest BCUT2D eigenvalue weighted by Crippen LogP contribution is 2.34. The fourth-order valence-corrected chi connectivity index (χ4v) is 5.92. The van der Waals surface area contributed by atoms with Gasteiger partial charge >= 0.3 is 6.09 Å². The van der Waals surface area contributed by atoms with Gasteiger partial charge in [0.2, 0.25) is 5.91 Å². The average molecular weight is 552 g/mol. The van der Waals surface area contributed by atoms with E-state index < -0.39 is 0 Å². The monoisotopic (exact) mass is 551 g/mol. The molecule has 2 amide bonds. The van der Waals surface area contributed by atoms with Gasteiger partial charge in [0.1, 0.15) is 11.9 Å². The number of likely N-dealkylation sites (tertiary alicyclic amines) is 1. The van der Waals surface area contributed by atoms with E-state index in [9.17, 15) is 9.59 Å². The number of amides is 2. The van der Waals surface area contributed by atoms with Gasteiger partial charge in [0.05, 0.1) is 24.8 Å². The Kier molecular flexibility index (Phi) is 8.53. The third kappa shape index (κ3) is 6.29. The summed E-state index contributed by atoms with van der Waals surface area (Å²) in [6, 6.07) is 13.2. The first-order valence-corrected chi connectivity index (χ1v) is 13.9. The molecule has 1 aromatic heterocycles.